The van der Waals surface area contributed by atoms with Gasteiger partial charge in [-0.1, -0.05) is 45.0 Å². The predicted octanol–water partition coefficient (Wildman–Crippen LogP) is 3.21. The molecule has 0 atom stereocenters. The van der Waals surface area contributed by atoms with E-state index in [9.17, 15) is 0 Å². The largest absolute Gasteiger partial charge is 0.309 e. The Morgan fingerprint density at radius 2 is 1.79 bits per heavy atom. The number of nitrogens with zero attached hydrogens (tertiary/aromatic N) is 1. The van der Waals surface area contributed by atoms with Gasteiger partial charge in [-0.25, -0.2) is 0 Å². The molecule has 0 bridgehead atoms. The molecule has 1 aliphatic rings. The van der Waals surface area contributed by atoms with Crippen LogP contribution in [-0.4, -0.2) is 30.1 Å². The first kappa shape index (κ1) is 14.5. The van der Waals surface area contributed by atoms with Gasteiger partial charge in [0.05, 0.1) is 0 Å². The van der Waals surface area contributed by atoms with Gasteiger partial charge in [-0.3, -0.25) is 4.90 Å². The van der Waals surface area contributed by atoms with E-state index in [1.54, 1.807) is 0 Å². The van der Waals surface area contributed by atoms with E-state index in [4.69, 9.17) is 0 Å². The lowest BCUT2D eigenvalue weighted by molar-refractivity contribution is 0.118. The number of hydrogen-bond donors (Lipinski definition) is 1. The molecular weight excluding hydrogens is 232 g/mol. The Morgan fingerprint density at radius 1 is 1.11 bits per heavy atom. The summed E-state index contributed by atoms with van der Waals surface area (Å²) < 4.78 is 0. The third-order valence-corrected chi connectivity index (χ3v) is 4.70. The summed E-state index contributed by atoms with van der Waals surface area (Å²) in [6, 6.07) is 8.89. The van der Waals surface area contributed by atoms with Crippen molar-refractivity contribution in [1.29, 1.82) is 0 Å². The summed E-state index contributed by atoms with van der Waals surface area (Å²) in [7, 11) is 0. The van der Waals surface area contributed by atoms with Gasteiger partial charge in [-0.2, -0.15) is 0 Å². The number of nitrogens with one attached hydrogen (secondary N) is 1. The minimum absolute atomic E-state index is 0.333. The quantitative estimate of drug-likeness (QED) is 0.874. The van der Waals surface area contributed by atoms with Crippen LogP contribution in [0.4, 0.5) is 0 Å². The summed E-state index contributed by atoms with van der Waals surface area (Å²) >= 11 is 0. The van der Waals surface area contributed by atoms with Crippen molar-refractivity contribution in [2.45, 2.75) is 52.1 Å². The highest BCUT2D eigenvalue weighted by Crippen LogP contribution is 2.22. The maximum atomic E-state index is 3.73. The molecule has 1 saturated heterocycles. The molecule has 19 heavy (non-hydrogen) atoms. The molecule has 1 aromatic carbocycles. The van der Waals surface area contributed by atoms with Gasteiger partial charge in [0.1, 0.15) is 0 Å². The van der Waals surface area contributed by atoms with E-state index in [2.05, 4.69) is 55.3 Å². The fourth-order valence-electron chi connectivity index (χ4n) is 3.20. The monoisotopic (exact) mass is 260 g/mol. The molecule has 0 amide bonds. The molecule has 0 unspecified atom stereocenters. The number of hydrogen-bond acceptors (Lipinski definition) is 2. The van der Waals surface area contributed by atoms with Gasteiger partial charge < -0.3 is 5.32 Å². The number of benzene rings is 1. The van der Waals surface area contributed by atoms with E-state index in [1.807, 2.05) is 0 Å². The van der Waals surface area contributed by atoms with Crippen molar-refractivity contribution in [3.05, 3.63) is 35.4 Å². The summed E-state index contributed by atoms with van der Waals surface area (Å²) in [6.07, 6.45) is 3.57. The summed E-state index contributed by atoms with van der Waals surface area (Å²) in [5.41, 5.74) is 3.34. The van der Waals surface area contributed by atoms with Crippen LogP contribution in [0.15, 0.2) is 24.3 Å². The zero-order chi connectivity index (χ0) is 13.7. The van der Waals surface area contributed by atoms with Gasteiger partial charge >= 0.3 is 0 Å². The molecule has 2 heteroatoms. The fraction of sp³-hybridized carbons (Fsp3) is 0.647. The van der Waals surface area contributed by atoms with Crippen molar-refractivity contribution in [2.24, 2.45) is 0 Å². The lowest BCUT2D eigenvalue weighted by Gasteiger charge is -2.43. The van der Waals surface area contributed by atoms with Crippen LogP contribution < -0.4 is 5.32 Å². The van der Waals surface area contributed by atoms with E-state index >= 15 is 0 Å². The molecule has 0 saturated carbocycles. The first-order valence-corrected chi connectivity index (χ1v) is 7.77. The second kappa shape index (κ2) is 6.53. The Balaban J connectivity index is 2.06. The molecule has 0 spiro atoms. The Bertz CT molecular complexity index is 396. The maximum Gasteiger partial charge on any atom is 0.0304 e. The first-order valence-electron chi connectivity index (χ1n) is 7.77. The summed E-state index contributed by atoms with van der Waals surface area (Å²) in [5, 5.41) is 3.73. The SMILES string of the molecule is CCc1ccccc1CN1CCNC(CC)(CC)C1. The molecule has 106 valence electrons. The van der Waals surface area contributed by atoms with Crippen molar-refractivity contribution in [3.63, 3.8) is 0 Å². The third-order valence-electron chi connectivity index (χ3n) is 4.70. The first-order chi connectivity index (χ1) is 9.23. The van der Waals surface area contributed by atoms with Crippen LogP contribution in [0.3, 0.4) is 0 Å². The van der Waals surface area contributed by atoms with E-state index in [0.717, 1.165) is 19.5 Å². The maximum absolute atomic E-state index is 3.73. The zero-order valence-electron chi connectivity index (χ0n) is 12.7. The van der Waals surface area contributed by atoms with Crippen molar-refractivity contribution in [1.82, 2.24) is 10.2 Å². The van der Waals surface area contributed by atoms with Crippen LogP contribution in [0.5, 0.6) is 0 Å². The van der Waals surface area contributed by atoms with Crippen LogP contribution in [0, 0.1) is 0 Å². The average Bonchev–Trinajstić information content (AvgIpc) is 2.48. The highest BCUT2D eigenvalue weighted by molar-refractivity contribution is 5.27. The average molecular weight is 260 g/mol. The smallest absolute Gasteiger partial charge is 0.0304 e. The van der Waals surface area contributed by atoms with Crippen LogP contribution >= 0.6 is 0 Å². The third kappa shape index (κ3) is 3.37. The normalized spacial score (nSPS) is 19.5. The molecule has 0 aromatic heterocycles. The van der Waals surface area contributed by atoms with Crippen LogP contribution in [0.2, 0.25) is 0 Å². The number of piperazine rings is 1. The molecule has 2 nitrogen and oxygen atoms in total. The Kier molecular flexibility index (Phi) is 5.00. The van der Waals surface area contributed by atoms with E-state index in [0.29, 0.717) is 5.54 Å². The molecule has 1 aromatic rings. The van der Waals surface area contributed by atoms with Crippen molar-refractivity contribution in [3.8, 4) is 0 Å². The highest BCUT2D eigenvalue weighted by Gasteiger charge is 2.31. The molecule has 1 aliphatic heterocycles. The Morgan fingerprint density at radius 3 is 2.42 bits per heavy atom. The van der Waals surface area contributed by atoms with Gasteiger partial charge in [0, 0.05) is 31.7 Å². The highest BCUT2D eigenvalue weighted by atomic mass is 15.2. The van der Waals surface area contributed by atoms with Gasteiger partial charge in [-0.05, 0) is 30.4 Å². The molecule has 1 N–H and O–H groups in total. The number of aryl methyl sites for hydroxylation is 1. The van der Waals surface area contributed by atoms with E-state index in [-0.39, 0.29) is 0 Å². The standard InChI is InChI=1S/C17H28N2/c1-4-15-9-7-8-10-16(15)13-19-12-11-18-17(5-2,6-3)14-19/h7-10,18H,4-6,11-14H2,1-3H3. The fourth-order valence-corrected chi connectivity index (χ4v) is 3.20. The van der Waals surface area contributed by atoms with Crippen LogP contribution in [0.25, 0.3) is 0 Å². The van der Waals surface area contributed by atoms with Gasteiger partial charge in [0.25, 0.3) is 0 Å². The van der Waals surface area contributed by atoms with E-state index in [1.165, 1.54) is 37.1 Å². The molecule has 0 radical (unpaired) electrons. The van der Waals surface area contributed by atoms with Gasteiger partial charge in [0.2, 0.25) is 0 Å². The zero-order valence-corrected chi connectivity index (χ0v) is 12.7. The van der Waals surface area contributed by atoms with Crippen LogP contribution in [-0.2, 0) is 13.0 Å². The molecular formula is C17H28N2. The second-order valence-corrected chi connectivity index (χ2v) is 5.75. The summed E-state index contributed by atoms with van der Waals surface area (Å²) in [4.78, 5) is 2.62. The minimum Gasteiger partial charge on any atom is -0.309 e. The van der Waals surface area contributed by atoms with Crippen LogP contribution in [0.1, 0.15) is 44.7 Å². The lowest BCUT2D eigenvalue weighted by Crippen LogP contribution is -2.59. The van der Waals surface area contributed by atoms with Crippen molar-refractivity contribution in [2.75, 3.05) is 19.6 Å². The van der Waals surface area contributed by atoms with Gasteiger partial charge in [-0.15, -0.1) is 0 Å². The van der Waals surface area contributed by atoms with Crippen molar-refractivity contribution >= 4 is 0 Å². The Hall–Kier alpha value is -0.860. The summed E-state index contributed by atoms with van der Waals surface area (Å²) in [5.74, 6) is 0. The molecule has 2 rings (SSSR count). The van der Waals surface area contributed by atoms with Gasteiger partial charge in [0.15, 0.2) is 0 Å². The minimum atomic E-state index is 0.333. The second-order valence-electron chi connectivity index (χ2n) is 5.75. The molecule has 1 heterocycles. The topological polar surface area (TPSA) is 15.3 Å². The number of rotatable bonds is 5. The molecule has 0 aliphatic carbocycles. The summed E-state index contributed by atoms with van der Waals surface area (Å²) in [6.45, 7) is 11.4. The molecule has 1 fully saturated rings. The lowest BCUT2D eigenvalue weighted by atomic mass is 9.90. The predicted molar refractivity (Wildman–Crippen MR) is 82.4 cm³/mol. The van der Waals surface area contributed by atoms with Crippen molar-refractivity contribution < 1.29 is 0 Å². The van der Waals surface area contributed by atoms with E-state index < -0.39 is 0 Å². The Labute approximate surface area is 118 Å².